The molecule has 1 N–H and O–H groups in total. The number of hydrogen-bond donors (Lipinski definition) is 1. The van der Waals surface area contributed by atoms with Crippen LogP contribution >= 0.6 is 0 Å². The molecule has 0 bridgehead atoms. The van der Waals surface area contributed by atoms with E-state index in [0.29, 0.717) is 12.0 Å². The number of sulfonamides is 1. The van der Waals surface area contributed by atoms with Crippen LogP contribution < -0.4 is 4.72 Å². The van der Waals surface area contributed by atoms with Gasteiger partial charge in [0.2, 0.25) is 0 Å². The van der Waals surface area contributed by atoms with Crippen LogP contribution in [0.15, 0.2) is 66.1 Å². The molecule has 1 aliphatic carbocycles. The molecule has 32 heavy (non-hydrogen) atoms. The molecule has 3 aromatic rings. The molecule has 2 unspecified atom stereocenters. The van der Waals surface area contributed by atoms with Gasteiger partial charge in [-0.2, -0.15) is 0 Å². The second kappa shape index (κ2) is 8.81. The van der Waals surface area contributed by atoms with Gasteiger partial charge in [-0.05, 0) is 61.0 Å². The van der Waals surface area contributed by atoms with E-state index in [4.69, 9.17) is 0 Å². The van der Waals surface area contributed by atoms with Gasteiger partial charge in [0.25, 0.3) is 10.0 Å². The lowest BCUT2D eigenvalue weighted by Crippen LogP contribution is -2.49. The lowest BCUT2D eigenvalue weighted by atomic mass is 9.74. The average molecular weight is 451 g/mol. The highest BCUT2D eigenvalue weighted by molar-refractivity contribution is 7.89. The second-order valence-corrected chi connectivity index (χ2v) is 10.7. The fourth-order valence-electron chi connectivity index (χ4n) is 5.04. The Hall–Kier alpha value is -2.48. The molecule has 0 spiro atoms. The molecule has 7 heteroatoms. The van der Waals surface area contributed by atoms with Crippen LogP contribution in [0, 0.1) is 0 Å². The van der Waals surface area contributed by atoms with Crippen molar-refractivity contribution in [2.24, 2.45) is 7.05 Å². The molecule has 6 nitrogen and oxygen atoms in total. The van der Waals surface area contributed by atoms with E-state index in [0.717, 1.165) is 18.4 Å². The van der Waals surface area contributed by atoms with Gasteiger partial charge in [-0.25, -0.2) is 18.1 Å². The molecular formula is C25H30N4O2S. The molecular weight excluding hydrogens is 420 g/mol. The van der Waals surface area contributed by atoms with Crippen molar-refractivity contribution in [1.29, 1.82) is 0 Å². The summed E-state index contributed by atoms with van der Waals surface area (Å²) in [6.07, 6.45) is 7.59. The van der Waals surface area contributed by atoms with E-state index in [1.165, 1.54) is 55.1 Å². The Kier molecular flexibility index (Phi) is 5.88. The lowest BCUT2D eigenvalue weighted by molar-refractivity contribution is 0.0877. The van der Waals surface area contributed by atoms with Crippen LogP contribution in [0.5, 0.6) is 0 Å². The summed E-state index contributed by atoms with van der Waals surface area (Å²) in [6, 6.07) is 17.8. The third-order valence-electron chi connectivity index (χ3n) is 6.86. The topological polar surface area (TPSA) is 67.2 Å². The van der Waals surface area contributed by atoms with Gasteiger partial charge in [0.05, 0.1) is 6.33 Å². The third-order valence-corrected chi connectivity index (χ3v) is 8.15. The summed E-state index contributed by atoms with van der Waals surface area (Å²) in [5, 5.41) is 0.0535. The molecule has 1 aromatic heterocycles. The van der Waals surface area contributed by atoms with E-state index >= 15 is 0 Å². The van der Waals surface area contributed by atoms with Gasteiger partial charge >= 0.3 is 0 Å². The summed E-state index contributed by atoms with van der Waals surface area (Å²) in [5.74, 6) is 0.425. The van der Waals surface area contributed by atoms with E-state index in [-0.39, 0.29) is 11.6 Å². The molecule has 1 fully saturated rings. The number of imidazole rings is 1. The van der Waals surface area contributed by atoms with Crippen LogP contribution in [0.1, 0.15) is 41.0 Å². The first-order valence-corrected chi connectivity index (χ1v) is 12.9. The fraction of sp³-hybridized carbons (Fsp3) is 0.400. The summed E-state index contributed by atoms with van der Waals surface area (Å²) in [5.41, 5.74) is 5.13. The predicted octanol–water partition coefficient (Wildman–Crippen LogP) is 3.25. The largest absolute Gasteiger partial charge is 0.339 e. The van der Waals surface area contributed by atoms with E-state index in [2.05, 4.69) is 63.1 Å². The van der Waals surface area contributed by atoms with Crippen molar-refractivity contribution in [3.8, 4) is 0 Å². The van der Waals surface area contributed by atoms with Gasteiger partial charge in [0, 0.05) is 31.7 Å². The molecule has 1 saturated heterocycles. The molecule has 2 atom stereocenters. The van der Waals surface area contributed by atoms with Crippen molar-refractivity contribution in [3.05, 3.63) is 83.3 Å². The zero-order valence-electron chi connectivity index (χ0n) is 18.4. The van der Waals surface area contributed by atoms with Crippen molar-refractivity contribution in [2.75, 3.05) is 13.1 Å². The zero-order valence-corrected chi connectivity index (χ0v) is 19.3. The Morgan fingerprint density at radius 2 is 1.91 bits per heavy atom. The summed E-state index contributed by atoms with van der Waals surface area (Å²) >= 11 is 0. The quantitative estimate of drug-likeness (QED) is 0.600. The maximum absolute atomic E-state index is 12.6. The molecule has 2 aromatic carbocycles. The summed E-state index contributed by atoms with van der Waals surface area (Å²) in [6.45, 7) is 2.64. The first kappa shape index (κ1) is 21.4. The molecule has 2 aliphatic rings. The molecule has 0 saturated carbocycles. The van der Waals surface area contributed by atoms with Crippen molar-refractivity contribution < 1.29 is 8.42 Å². The molecule has 5 rings (SSSR count). The average Bonchev–Trinajstić information content (AvgIpc) is 3.21. The smallest absolute Gasteiger partial charge is 0.259 e. The van der Waals surface area contributed by atoms with E-state index in [9.17, 15) is 8.42 Å². The minimum Gasteiger partial charge on any atom is -0.339 e. The van der Waals surface area contributed by atoms with Crippen LogP contribution in [0.3, 0.4) is 0 Å². The van der Waals surface area contributed by atoms with Crippen LogP contribution in [-0.4, -0.2) is 42.0 Å². The van der Waals surface area contributed by atoms with Crippen molar-refractivity contribution in [3.63, 3.8) is 0 Å². The summed E-state index contributed by atoms with van der Waals surface area (Å²) in [4.78, 5) is 6.61. The number of likely N-dealkylation sites (tertiary alicyclic amines) is 1. The van der Waals surface area contributed by atoms with Gasteiger partial charge in [0.15, 0.2) is 5.03 Å². The van der Waals surface area contributed by atoms with Gasteiger partial charge in [-0.1, -0.05) is 48.5 Å². The monoisotopic (exact) mass is 450 g/mol. The van der Waals surface area contributed by atoms with E-state index < -0.39 is 10.0 Å². The zero-order chi connectivity index (χ0) is 22.1. The number of nitrogens with one attached hydrogen (secondary N) is 1. The van der Waals surface area contributed by atoms with Gasteiger partial charge < -0.3 is 4.57 Å². The molecule has 1 aliphatic heterocycles. The SMILES string of the molecule is Cn1cnc(S(=O)(=O)NCc2ccc3c(c2)C(Cc2ccccc2)C(N2CCC2)CC3)c1. The predicted molar refractivity (Wildman–Crippen MR) is 125 cm³/mol. The normalized spacial score (nSPS) is 21.2. The van der Waals surface area contributed by atoms with E-state index in [1.807, 2.05) is 0 Å². The molecule has 168 valence electrons. The standard InChI is InChI=1S/C25H30N4O2S/c1-28-17-25(26-18-28)32(30,31)27-16-20-8-9-21-10-11-24(29-12-5-13-29)23(22(21)15-20)14-19-6-3-2-4-7-19/h2-4,6-9,15,17-18,23-24,27H,5,10-14,16H2,1H3. The van der Waals surface area contributed by atoms with Crippen molar-refractivity contribution >= 4 is 10.0 Å². The van der Waals surface area contributed by atoms with Crippen LogP contribution in [0.2, 0.25) is 0 Å². The van der Waals surface area contributed by atoms with Gasteiger partial charge in [-0.15, -0.1) is 0 Å². The number of rotatable bonds is 7. The number of aryl methyl sites for hydroxylation is 2. The fourth-order valence-corrected chi connectivity index (χ4v) is 6.04. The third kappa shape index (κ3) is 4.37. The lowest BCUT2D eigenvalue weighted by Gasteiger charge is -2.45. The first-order chi connectivity index (χ1) is 15.5. The van der Waals surface area contributed by atoms with Crippen molar-refractivity contribution in [1.82, 2.24) is 19.2 Å². The van der Waals surface area contributed by atoms with Crippen molar-refractivity contribution in [2.45, 2.75) is 49.2 Å². The van der Waals surface area contributed by atoms with Gasteiger partial charge in [-0.3, -0.25) is 4.90 Å². The summed E-state index contributed by atoms with van der Waals surface area (Å²) in [7, 11) is -1.87. The number of hydrogen-bond acceptors (Lipinski definition) is 4. The Balaban J connectivity index is 1.40. The van der Waals surface area contributed by atoms with Gasteiger partial charge in [0.1, 0.15) is 0 Å². The van der Waals surface area contributed by atoms with Crippen LogP contribution in [0.4, 0.5) is 0 Å². The Labute approximate surface area is 190 Å². The number of benzene rings is 2. The van der Waals surface area contributed by atoms with Crippen LogP contribution in [0.25, 0.3) is 0 Å². The Morgan fingerprint density at radius 1 is 1.09 bits per heavy atom. The number of aromatic nitrogens is 2. The number of fused-ring (bicyclic) bond motifs is 1. The number of nitrogens with zero attached hydrogens (tertiary/aromatic N) is 3. The highest BCUT2D eigenvalue weighted by atomic mass is 32.2. The molecule has 0 radical (unpaired) electrons. The molecule has 2 heterocycles. The highest BCUT2D eigenvalue weighted by Gasteiger charge is 2.35. The Morgan fingerprint density at radius 3 is 2.59 bits per heavy atom. The first-order valence-electron chi connectivity index (χ1n) is 11.4. The summed E-state index contributed by atoms with van der Waals surface area (Å²) < 4.78 is 29.6. The second-order valence-electron chi connectivity index (χ2n) is 9.03. The highest BCUT2D eigenvalue weighted by Crippen LogP contribution is 2.39. The Bertz CT molecular complexity index is 1190. The van der Waals surface area contributed by atoms with E-state index in [1.54, 1.807) is 11.6 Å². The maximum Gasteiger partial charge on any atom is 0.259 e. The minimum atomic E-state index is -3.63. The maximum atomic E-state index is 12.6. The minimum absolute atomic E-state index is 0.0535. The van der Waals surface area contributed by atoms with Crippen LogP contribution in [-0.2, 0) is 36.5 Å². The molecule has 0 amide bonds.